The van der Waals surface area contributed by atoms with Gasteiger partial charge >= 0.3 is 0 Å². The van der Waals surface area contributed by atoms with Crippen LogP contribution in [0.3, 0.4) is 0 Å². The fraction of sp³-hybridized carbons (Fsp3) is 0.231. The van der Waals surface area contributed by atoms with E-state index in [9.17, 15) is 4.79 Å². The lowest BCUT2D eigenvalue weighted by molar-refractivity contribution is 0.0991. The van der Waals surface area contributed by atoms with Gasteiger partial charge in [0.15, 0.2) is 5.78 Å². The molecule has 6 heteroatoms. The zero-order valence-corrected chi connectivity index (χ0v) is 12.1. The fourth-order valence-corrected chi connectivity index (χ4v) is 2.31. The molecule has 0 unspecified atom stereocenters. The monoisotopic (exact) mass is 297 g/mol. The maximum Gasteiger partial charge on any atom is 0.170 e. The number of ketones is 1. The number of carbonyl (C=O) groups excluding carboxylic acids is 1. The number of nitrogens with zero attached hydrogens (tertiary/aromatic N) is 2. The number of aromatic nitrogens is 2. The number of benzene rings is 1. The van der Waals surface area contributed by atoms with E-state index in [1.165, 1.54) is 0 Å². The molecule has 0 saturated carbocycles. The summed E-state index contributed by atoms with van der Waals surface area (Å²) in [7, 11) is 1.76. The molecule has 2 N–H and O–H groups in total. The Balaban J connectivity index is 2.31. The molecule has 0 saturated heterocycles. The van der Waals surface area contributed by atoms with Crippen molar-refractivity contribution in [2.24, 2.45) is 7.05 Å². The van der Waals surface area contributed by atoms with Crippen molar-refractivity contribution >= 4 is 34.7 Å². The largest absolute Gasteiger partial charge is 0.398 e. The van der Waals surface area contributed by atoms with Crippen molar-refractivity contribution in [2.75, 3.05) is 5.73 Å². The summed E-state index contributed by atoms with van der Waals surface area (Å²) in [5, 5.41) is 5.19. The van der Waals surface area contributed by atoms with E-state index in [1.54, 1.807) is 36.9 Å². The van der Waals surface area contributed by atoms with E-state index in [0.717, 1.165) is 0 Å². The summed E-state index contributed by atoms with van der Waals surface area (Å²) in [6.45, 7) is 1.80. The number of carbonyl (C=O) groups is 1. The molecule has 0 spiro atoms. The zero-order valence-electron chi connectivity index (χ0n) is 10.6. The highest BCUT2D eigenvalue weighted by Crippen LogP contribution is 2.23. The minimum absolute atomic E-state index is 0.112. The third kappa shape index (κ3) is 2.74. The molecule has 0 atom stereocenters. The van der Waals surface area contributed by atoms with Gasteiger partial charge < -0.3 is 5.73 Å². The average molecular weight is 298 g/mol. The van der Waals surface area contributed by atoms with Crippen LogP contribution in [0.1, 0.15) is 21.7 Å². The lowest BCUT2D eigenvalue weighted by Gasteiger charge is -2.06. The predicted molar refractivity (Wildman–Crippen MR) is 76.9 cm³/mol. The Bertz CT molecular complexity index is 650. The zero-order chi connectivity index (χ0) is 14.2. The highest BCUT2D eigenvalue weighted by atomic mass is 35.5. The molecular formula is C13H13Cl2N3O. The molecule has 2 rings (SSSR count). The van der Waals surface area contributed by atoms with Gasteiger partial charge in [0, 0.05) is 23.3 Å². The van der Waals surface area contributed by atoms with Crippen LogP contribution in [0.4, 0.5) is 5.69 Å². The fourth-order valence-electron chi connectivity index (χ4n) is 1.91. The van der Waals surface area contributed by atoms with Crippen LogP contribution >= 0.6 is 23.2 Å². The third-order valence-corrected chi connectivity index (χ3v) is 3.63. The van der Waals surface area contributed by atoms with Gasteiger partial charge in [-0.3, -0.25) is 9.48 Å². The van der Waals surface area contributed by atoms with Gasteiger partial charge in [-0.25, -0.2) is 0 Å². The summed E-state index contributed by atoms with van der Waals surface area (Å²) in [5.41, 5.74) is 7.99. The quantitative estimate of drug-likeness (QED) is 0.700. The van der Waals surface area contributed by atoms with E-state index in [2.05, 4.69) is 5.10 Å². The van der Waals surface area contributed by atoms with E-state index in [0.29, 0.717) is 32.7 Å². The number of nitrogens with two attached hydrogens (primary N) is 1. The van der Waals surface area contributed by atoms with Crippen LogP contribution in [0, 0.1) is 6.92 Å². The van der Waals surface area contributed by atoms with E-state index in [-0.39, 0.29) is 12.2 Å². The molecule has 4 nitrogen and oxygen atoms in total. The molecule has 19 heavy (non-hydrogen) atoms. The summed E-state index contributed by atoms with van der Waals surface area (Å²) >= 11 is 11.9. The number of Topliss-reactive ketones (excluding diaryl/α,β-unsaturated/α-hetero) is 1. The normalized spacial score (nSPS) is 10.7. The summed E-state index contributed by atoms with van der Waals surface area (Å²) in [4.78, 5) is 12.2. The minimum Gasteiger partial charge on any atom is -0.398 e. The van der Waals surface area contributed by atoms with Crippen molar-refractivity contribution in [1.82, 2.24) is 9.78 Å². The number of hydrogen-bond acceptors (Lipinski definition) is 3. The maximum atomic E-state index is 12.2. The molecule has 1 aromatic heterocycles. The summed E-state index contributed by atoms with van der Waals surface area (Å²) in [5.74, 6) is -0.112. The predicted octanol–water partition coefficient (Wildman–Crippen LogP) is 3.04. The van der Waals surface area contributed by atoms with Gasteiger partial charge in [0.2, 0.25) is 0 Å². The van der Waals surface area contributed by atoms with E-state index >= 15 is 0 Å². The first-order valence-corrected chi connectivity index (χ1v) is 6.42. The topological polar surface area (TPSA) is 60.9 Å². The smallest absolute Gasteiger partial charge is 0.170 e. The van der Waals surface area contributed by atoms with Gasteiger partial charge in [-0.15, -0.1) is 0 Å². The molecule has 0 amide bonds. The molecule has 0 aliphatic rings. The first-order valence-electron chi connectivity index (χ1n) is 5.66. The number of hydrogen-bond donors (Lipinski definition) is 1. The van der Waals surface area contributed by atoms with Crippen LogP contribution < -0.4 is 5.73 Å². The number of aryl methyl sites for hydroxylation is 2. The van der Waals surface area contributed by atoms with Crippen molar-refractivity contribution in [3.05, 3.63) is 45.2 Å². The van der Waals surface area contributed by atoms with Crippen LogP contribution in [0.5, 0.6) is 0 Å². The van der Waals surface area contributed by atoms with Crippen molar-refractivity contribution in [3.63, 3.8) is 0 Å². The SMILES string of the molecule is Cc1nn(C)c(CC(=O)c2ccc(Cl)cc2N)c1Cl. The lowest BCUT2D eigenvalue weighted by atomic mass is 10.0. The Morgan fingerprint density at radius 2 is 2.11 bits per heavy atom. The van der Waals surface area contributed by atoms with Crippen LogP contribution in [0.2, 0.25) is 10.0 Å². The summed E-state index contributed by atoms with van der Waals surface area (Å²) in [6, 6.07) is 4.82. The lowest BCUT2D eigenvalue weighted by Crippen LogP contribution is -2.10. The molecule has 0 radical (unpaired) electrons. The molecular weight excluding hydrogens is 285 g/mol. The summed E-state index contributed by atoms with van der Waals surface area (Å²) < 4.78 is 1.61. The van der Waals surface area contributed by atoms with Gasteiger partial charge in [0.1, 0.15) is 0 Å². The van der Waals surface area contributed by atoms with Gasteiger partial charge in [-0.2, -0.15) is 5.10 Å². The molecule has 0 fully saturated rings. The highest BCUT2D eigenvalue weighted by molar-refractivity contribution is 6.32. The number of nitrogen functional groups attached to an aromatic ring is 1. The number of rotatable bonds is 3. The summed E-state index contributed by atoms with van der Waals surface area (Å²) in [6.07, 6.45) is 0.155. The van der Waals surface area contributed by atoms with Gasteiger partial charge in [-0.05, 0) is 25.1 Å². The van der Waals surface area contributed by atoms with Gasteiger partial charge in [0.05, 0.1) is 22.8 Å². The van der Waals surface area contributed by atoms with Crippen molar-refractivity contribution < 1.29 is 4.79 Å². The van der Waals surface area contributed by atoms with Crippen LogP contribution in [0.15, 0.2) is 18.2 Å². The van der Waals surface area contributed by atoms with Crippen LogP contribution in [0.25, 0.3) is 0 Å². The highest BCUT2D eigenvalue weighted by Gasteiger charge is 2.17. The van der Waals surface area contributed by atoms with Gasteiger partial charge in [-0.1, -0.05) is 23.2 Å². The molecule has 2 aromatic rings. The molecule has 1 aromatic carbocycles. The Kier molecular flexibility index (Phi) is 3.83. The van der Waals surface area contributed by atoms with E-state index in [4.69, 9.17) is 28.9 Å². The minimum atomic E-state index is -0.112. The second-order valence-corrected chi connectivity index (χ2v) is 5.12. The Labute approximate surface area is 121 Å². The maximum absolute atomic E-state index is 12.2. The second-order valence-electron chi connectivity index (χ2n) is 4.30. The van der Waals surface area contributed by atoms with Crippen molar-refractivity contribution in [2.45, 2.75) is 13.3 Å². The molecule has 100 valence electrons. The van der Waals surface area contributed by atoms with Crippen LogP contribution in [-0.4, -0.2) is 15.6 Å². The number of halogens is 2. The average Bonchev–Trinajstić information content (AvgIpc) is 2.56. The van der Waals surface area contributed by atoms with Crippen molar-refractivity contribution in [3.8, 4) is 0 Å². The van der Waals surface area contributed by atoms with Crippen molar-refractivity contribution in [1.29, 1.82) is 0 Å². The standard InChI is InChI=1S/C13H13Cl2N3O/c1-7-13(15)11(18(2)17-7)6-12(19)9-4-3-8(14)5-10(9)16/h3-5H,6,16H2,1-2H3. The molecule has 1 heterocycles. The Morgan fingerprint density at radius 3 is 2.63 bits per heavy atom. The molecule has 0 bridgehead atoms. The second kappa shape index (κ2) is 5.23. The van der Waals surface area contributed by atoms with E-state index < -0.39 is 0 Å². The Morgan fingerprint density at radius 1 is 1.42 bits per heavy atom. The first-order chi connectivity index (χ1) is 8.90. The first kappa shape index (κ1) is 13.9. The van der Waals surface area contributed by atoms with Crippen LogP contribution in [-0.2, 0) is 13.5 Å². The van der Waals surface area contributed by atoms with Gasteiger partial charge in [0.25, 0.3) is 0 Å². The Hall–Kier alpha value is -1.52. The third-order valence-electron chi connectivity index (χ3n) is 2.90. The van der Waals surface area contributed by atoms with E-state index in [1.807, 2.05) is 0 Å². The molecule has 0 aliphatic heterocycles. The molecule has 0 aliphatic carbocycles. The number of anilines is 1.